The van der Waals surface area contributed by atoms with Crippen LogP contribution in [0, 0.1) is 0 Å². The number of amides is 3. The van der Waals surface area contributed by atoms with Gasteiger partial charge in [-0.15, -0.1) is 0 Å². The maximum Gasteiger partial charge on any atom is 0.261 e. The number of nitrogens with zero attached hydrogens (tertiary/aromatic N) is 2. The van der Waals surface area contributed by atoms with E-state index in [1.165, 1.54) is 4.90 Å². The van der Waals surface area contributed by atoms with Crippen molar-refractivity contribution in [2.75, 3.05) is 19.7 Å². The molecule has 2 aliphatic rings. The van der Waals surface area contributed by atoms with E-state index in [0.29, 0.717) is 47.7 Å². The Bertz CT molecular complexity index is 953. The van der Waals surface area contributed by atoms with Gasteiger partial charge < -0.3 is 15.4 Å². The Hall–Kier alpha value is -3.19. The van der Waals surface area contributed by atoms with Crippen LogP contribution in [0.5, 0.6) is 5.75 Å². The first-order valence-electron chi connectivity index (χ1n) is 9.75. The van der Waals surface area contributed by atoms with Gasteiger partial charge in [-0.1, -0.05) is 18.2 Å². The zero-order valence-corrected chi connectivity index (χ0v) is 16.3. The molecular formula is C22H23N3O4. The van der Waals surface area contributed by atoms with E-state index in [-0.39, 0.29) is 30.3 Å². The van der Waals surface area contributed by atoms with Gasteiger partial charge in [0, 0.05) is 19.1 Å². The van der Waals surface area contributed by atoms with E-state index < -0.39 is 0 Å². The molecule has 150 valence electrons. The van der Waals surface area contributed by atoms with Crippen molar-refractivity contribution in [3.8, 4) is 5.75 Å². The van der Waals surface area contributed by atoms with Gasteiger partial charge in [0.2, 0.25) is 0 Å². The number of hydrogen-bond donors (Lipinski definition) is 1. The highest BCUT2D eigenvalue weighted by molar-refractivity contribution is 6.21. The zero-order chi connectivity index (χ0) is 20.5. The first-order chi connectivity index (χ1) is 14.0. The smallest absolute Gasteiger partial charge is 0.261 e. The highest BCUT2D eigenvalue weighted by atomic mass is 16.5. The number of carbonyl (C=O) groups is 3. The molecule has 0 bridgehead atoms. The number of ether oxygens (including phenoxy) is 1. The Morgan fingerprint density at radius 3 is 2.41 bits per heavy atom. The van der Waals surface area contributed by atoms with Crippen LogP contribution in [-0.2, 0) is 6.54 Å². The Labute approximate surface area is 169 Å². The fourth-order valence-corrected chi connectivity index (χ4v) is 3.83. The van der Waals surface area contributed by atoms with E-state index in [9.17, 15) is 14.4 Å². The summed E-state index contributed by atoms with van der Waals surface area (Å²) in [4.78, 5) is 41.2. The maximum atomic E-state index is 13.0. The number of fused-ring (bicyclic) bond motifs is 1. The molecule has 0 unspecified atom stereocenters. The number of rotatable bonds is 5. The summed E-state index contributed by atoms with van der Waals surface area (Å²) in [5.41, 5.74) is 7.87. The fourth-order valence-electron chi connectivity index (χ4n) is 3.83. The highest BCUT2D eigenvalue weighted by Gasteiger charge is 2.35. The summed E-state index contributed by atoms with van der Waals surface area (Å²) in [5.74, 6) is -0.301. The second-order valence-electron chi connectivity index (χ2n) is 7.31. The molecule has 0 aromatic heterocycles. The van der Waals surface area contributed by atoms with E-state index in [1.54, 1.807) is 47.4 Å². The van der Waals surface area contributed by atoms with Gasteiger partial charge in [-0.3, -0.25) is 19.3 Å². The van der Waals surface area contributed by atoms with Gasteiger partial charge in [0.05, 0.1) is 29.8 Å². The van der Waals surface area contributed by atoms with E-state index in [1.807, 2.05) is 6.92 Å². The molecule has 7 heteroatoms. The number of nitrogens with two attached hydrogens (primary N) is 1. The van der Waals surface area contributed by atoms with Crippen LogP contribution >= 0.6 is 0 Å². The lowest BCUT2D eigenvalue weighted by atomic mass is 10.1. The summed E-state index contributed by atoms with van der Waals surface area (Å²) in [6.45, 7) is 3.49. The van der Waals surface area contributed by atoms with Gasteiger partial charge in [-0.25, -0.2) is 0 Å². The van der Waals surface area contributed by atoms with Crippen LogP contribution in [0.3, 0.4) is 0 Å². The number of imide groups is 1. The number of hydrogen-bond acceptors (Lipinski definition) is 5. The quantitative estimate of drug-likeness (QED) is 0.785. The van der Waals surface area contributed by atoms with Crippen LogP contribution < -0.4 is 10.5 Å². The fraction of sp³-hybridized carbons (Fsp3) is 0.318. The van der Waals surface area contributed by atoms with Crippen LogP contribution in [0.15, 0.2) is 42.5 Å². The van der Waals surface area contributed by atoms with Crippen molar-refractivity contribution < 1.29 is 19.1 Å². The molecule has 0 radical (unpaired) electrons. The molecule has 0 saturated carbocycles. The van der Waals surface area contributed by atoms with Crippen molar-refractivity contribution in [2.45, 2.75) is 25.9 Å². The Morgan fingerprint density at radius 2 is 1.83 bits per heavy atom. The van der Waals surface area contributed by atoms with Crippen molar-refractivity contribution in [3.63, 3.8) is 0 Å². The molecule has 1 fully saturated rings. The maximum absolute atomic E-state index is 13.0. The van der Waals surface area contributed by atoms with Crippen molar-refractivity contribution in [2.24, 2.45) is 5.73 Å². The third-order valence-corrected chi connectivity index (χ3v) is 5.31. The van der Waals surface area contributed by atoms with Gasteiger partial charge in [0.25, 0.3) is 17.7 Å². The average Bonchev–Trinajstić information content (AvgIpc) is 3.26. The molecule has 2 N–H and O–H groups in total. The summed E-state index contributed by atoms with van der Waals surface area (Å²) in [6.07, 6.45) is 0.768. The molecule has 0 spiro atoms. The van der Waals surface area contributed by atoms with Crippen LogP contribution in [0.1, 0.15) is 50.0 Å². The van der Waals surface area contributed by atoms with Gasteiger partial charge in [-0.2, -0.15) is 0 Å². The first-order valence-corrected chi connectivity index (χ1v) is 9.75. The summed E-state index contributed by atoms with van der Waals surface area (Å²) in [7, 11) is 0. The van der Waals surface area contributed by atoms with E-state index in [4.69, 9.17) is 10.5 Å². The van der Waals surface area contributed by atoms with Crippen molar-refractivity contribution in [1.29, 1.82) is 0 Å². The molecule has 29 heavy (non-hydrogen) atoms. The predicted molar refractivity (Wildman–Crippen MR) is 107 cm³/mol. The SMILES string of the molecule is CCOc1ccc(CN2C(=O)c3ccccc3C2=O)cc1C(=O)N1CC[C@@H](N)C1. The van der Waals surface area contributed by atoms with Crippen LogP contribution in [0.4, 0.5) is 0 Å². The minimum absolute atomic E-state index is 0.0176. The topological polar surface area (TPSA) is 92.9 Å². The van der Waals surface area contributed by atoms with Crippen molar-refractivity contribution >= 4 is 17.7 Å². The van der Waals surface area contributed by atoms with Gasteiger partial charge in [-0.05, 0) is 43.2 Å². The molecule has 0 aliphatic carbocycles. The van der Waals surface area contributed by atoms with Gasteiger partial charge in [0.1, 0.15) is 5.75 Å². The van der Waals surface area contributed by atoms with Crippen molar-refractivity contribution in [1.82, 2.24) is 9.80 Å². The third kappa shape index (κ3) is 3.49. The van der Waals surface area contributed by atoms with E-state index >= 15 is 0 Å². The van der Waals surface area contributed by atoms with Crippen LogP contribution in [0.25, 0.3) is 0 Å². The zero-order valence-electron chi connectivity index (χ0n) is 16.3. The standard InChI is InChI=1S/C22H23N3O4/c1-2-29-19-8-7-14(11-18(19)20(26)24-10-9-15(23)13-24)12-25-21(27)16-5-3-4-6-17(16)22(25)28/h3-8,11,15H,2,9-10,12-13,23H2,1H3/t15-/m1/s1. The predicted octanol–water partition coefficient (Wildman–Crippen LogP) is 2.05. The molecule has 1 saturated heterocycles. The molecule has 1 atom stereocenters. The summed E-state index contributed by atoms with van der Waals surface area (Å²) < 4.78 is 5.64. The number of likely N-dealkylation sites (tertiary alicyclic amines) is 1. The van der Waals surface area contributed by atoms with Gasteiger partial charge >= 0.3 is 0 Å². The lowest BCUT2D eigenvalue weighted by Crippen LogP contribution is -2.32. The third-order valence-electron chi connectivity index (χ3n) is 5.31. The first kappa shape index (κ1) is 19.1. The lowest BCUT2D eigenvalue weighted by molar-refractivity contribution is 0.0642. The van der Waals surface area contributed by atoms with Crippen molar-refractivity contribution in [3.05, 3.63) is 64.7 Å². The van der Waals surface area contributed by atoms with E-state index in [2.05, 4.69) is 0 Å². The number of benzene rings is 2. The molecule has 2 aromatic rings. The van der Waals surface area contributed by atoms with Crippen LogP contribution in [0.2, 0.25) is 0 Å². The normalized spacial score (nSPS) is 18.3. The molecular weight excluding hydrogens is 370 g/mol. The Kier molecular flexibility index (Phi) is 5.07. The largest absolute Gasteiger partial charge is 0.493 e. The second-order valence-corrected chi connectivity index (χ2v) is 7.31. The molecule has 2 heterocycles. The second kappa shape index (κ2) is 7.67. The molecule has 2 aromatic carbocycles. The molecule has 2 aliphatic heterocycles. The summed E-state index contributed by atoms with van der Waals surface area (Å²) >= 11 is 0. The van der Waals surface area contributed by atoms with Crippen LogP contribution in [-0.4, -0.2) is 53.3 Å². The summed E-state index contributed by atoms with van der Waals surface area (Å²) in [5, 5.41) is 0. The molecule has 7 nitrogen and oxygen atoms in total. The molecule has 4 rings (SSSR count). The highest BCUT2D eigenvalue weighted by Crippen LogP contribution is 2.28. The average molecular weight is 393 g/mol. The lowest BCUT2D eigenvalue weighted by Gasteiger charge is -2.20. The summed E-state index contributed by atoms with van der Waals surface area (Å²) in [6, 6.07) is 12.0. The minimum Gasteiger partial charge on any atom is -0.493 e. The molecule has 3 amide bonds. The minimum atomic E-state index is -0.321. The Balaban J connectivity index is 1.61. The van der Waals surface area contributed by atoms with Gasteiger partial charge in [0.15, 0.2) is 0 Å². The van der Waals surface area contributed by atoms with E-state index in [0.717, 1.165) is 6.42 Å². The monoisotopic (exact) mass is 393 g/mol. The Morgan fingerprint density at radius 1 is 1.14 bits per heavy atom. The number of carbonyl (C=O) groups excluding carboxylic acids is 3.